The summed E-state index contributed by atoms with van der Waals surface area (Å²) < 4.78 is 10.2. The first kappa shape index (κ1) is 23.3. The molecule has 2 saturated heterocycles. The Morgan fingerprint density at radius 3 is 2.06 bits per heavy atom. The Balaban J connectivity index is 1.34. The number of hydrogen-bond donors (Lipinski definition) is 1. The number of piperazine rings is 2. The zero-order valence-electron chi connectivity index (χ0n) is 18.7. The van der Waals surface area contributed by atoms with E-state index in [-0.39, 0.29) is 11.8 Å². The molecule has 0 bridgehead atoms. The van der Waals surface area contributed by atoms with Crippen LogP contribution < -0.4 is 15.0 Å². The average Bonchev–Trinajstić information content (AvgIpc) is 2.81. The lowest BCUT2D eigenvalue weighted by Gasteiger charge is -2.38. The Bertz CT molecular complexity index is 698. The fraction of sp³-hybridized carbons (Fsp3) is 0.636. The SMILES string of the molecule is COCCNC(=O)CN1CCN(CC(=O)N2CCN(c3ccc(OC)cc3)CC2)CC1. The summed E-state index contributed by atoms with van der Waals surface area (Å²) in [5, 5.41) is 2.85. The molecule has 0 radical (unpaired) electrons. The van der Waals surface area contributed by atoms with Crippen LogP contribution in [0.4, 0.5) is 5.69 Å². The van der Waals surface area contributed by atoms with Crippen LogP contribution in [0, 0.1) is 0 Å². The molecule has 31 heavy (non-hydrogen) atoms. The Kier molecular flexibility index (Phi) is 8.93. The van der Waals surface area contributed by atoms with Crippen LogP contribution in [0.1, 0.15) is 0 Å². The van der Waals surface area contributed by atoms with Gasteiger partial charge in [-0.2, -0.15) is 0 Å². The van der Waals surface area contributed by atoms with E-state index in [0.717, 1.165) is 63.8 Å². The van der Waals surface area contributed by atoms with E-state index >= 15 is 0 Å². The van der Waals surface area contributed by atoms with Gasteiger partial charge in [-0.05, 0) is 24.3 Å². The number of rotatable bonds is 9. The van der Waals surface area contributed by atoms with Gasteiger partial charge in [-0.1, -0.05) is 0 Å². The Labute approximate surface area is 184 Å². The minimum absolute atomic E-state index is 0.0244. The Hall–Kier alpha value is -2.36. The van der Waals surface area contributed by atoms with Crippen molar-refractivity contribution in [2.24, 2.45) is 0 Å². The van der Waals surface area contributed by atoms with Crippen molar-refractivity contribution >= 4 is 17.5 Å². The van der Waals surface area contributed by atoms with Crippen LogP contribution in [0.5, 0.6) is 5.75 Å². The smallest absolute Gasteiger partial charge is 0.236 e. The van der Waals surface area contributed by atoms with Gasteiger partial charge >= 0.3 is 0 Å². The first-order valence-electron chi connectivity index (χ1n) is 11.0. The second kappa shape index (κ2) is 11.9. The minimum Gasteiger partial charge on any atom is -0.497 e. The molecule has 9 heteroatoms. The third-order valence-electron chi connectivity index (χ3n) is 5.89. The maximum Gasteiger partial charge on any atom is 0.236 e. The summed E-state index contributed by atoms with van der Waals surface area (Å²) in [4.78, 5) is 33.3. The molecule has 0 saturated carbocycles. The predicted molar refractivity (Wildman–Crippen MR) is 120 cm³/mol. The maximum atomic E-state index is 12.8. The molecule has 9 nitrogen and oxygen atoms in total. The largest absolute Gasteiger partial charge is 0.497 e. The number of ether oxygens (including phenoxy) is 2. The lowest BCUT2D eigenvalue weighted by Crippen LogP contribution is -2.54. The van der Waals surface area contributed by atoms with Gasteiger partial charge in [0.2, 0.25) is 11.8 Å². The number of anilines is 1. The molecule has 0 unspecified atom stereocenters. The lowest BCUT2D eigenvalue weighted by atomic mass is 10.2. The van der Waals surface area contributed by atoms with Gasteiger partial charge in [-0.3, -0.25) is 19.4 Å². The summed E-state index contributed by atoms with van der Waals surface area (Å²) in [6, 6.07) is 8.06. The van der Waals surface area contributed by atoms with Gasteiger partial charge in [0.1, 0.15) is 5.75 Å². The molecular formula is C22H35N5O4. The van der Waals surface area contributed by atoms with Crippen molar-refractivity contribution in [1.82, 2.24) is 20.0 Å². The van der Waals surface area contributed by atoms with E-state index in [4.69, 9.17) is 9.47 Å². The summed E-state index contributed by atoms with van der Waals surface area (Å²) in [5.74, 6) is 1.07. The van der Waals surface area contributed by atoms with E-state index in [1.54, 1.807) is 14.2 Å². The topological polar surface area (TPSA) is 77.6 Å². The highest BCUT2D eigenvalue weighted by Gasteiger charge is 2.25. The van der Waals surface area contributed by atoms with Gasteiger partial charge in [0.25, 0.3) is 0 Å². The molecule has 1 aromatic carbocycles. The van der Waals surface area contributed by atoms with Crippen LogP contribution in [0.25, 0.3) is 0 Å². The van der Waals surface area contributed by atoms with Gasteiger partial charge in [-0.25, -0.2) is 0 Å². The number of amides is 2. The molecule has 0 atom stereocenters. The lowest BCUT2D eigenvalue weighted by molar-refractivity contribution is -0.133. The summed E-state index contributed by atoms with van der Waals surface area (Å²) in [6.07, 6.45) is 0. The number of carbonyl (C=O) groups excluding carboxylic acids is 2. The van der Waals surface area contributed by atoms with E-state index in [0.29, 0.717) is 26.2 Å². The summed E-state index contributed by atoms with van der Waals surface area (Å²) >= 11 is 0. The molecule has 1 aromatic rings. The van der Waals surface area contributed by atoms with Crippen LogP contribution in [-0.4, -0.2) is 119 Å². The standard InChI is InChI=1S/C22H35N5O4/c1-30-16-7-23-21(28)17-24-8-10-25(11-9-24)18-22(29)27-14-12-26(13-15-27)19-3-5-20(31-2)6-4-19/h3-6H,7-18H2,1-2H3,(H,23,28). The van der Waals surface area contributed by atoms with Gasteiger partial charge in [-0.15, -0.1) is 0 Å². The van der Waals surface area contributed by atoms with E-state index < -0.39 is 0 Å². The molecule has 2 aliphatic rings. The van der Waals surface area contributed by atoms with Crippen LogP contribution in [0.3, 0.4) is 0 Å². The highest BCUT2D eigenvalue weighted by Crippen LogP contribution is 2.20. The quantitative estimate of drug-likeness (QED) is 0.537. The minimum atomic E-state index is 0.0244. The summed E-state index contributed by atoms with van der Waals surface area (Å²) in [6.45, 7) is 8.30. The molecule has 3 rings (SSSR count). The molecule has 1 N–H and O–H groups in total. The Morgan fingerprint density at radius 1 is 0.871 bits per heavy atom. The third-order valence-corrected chi connectivity index (χ3v) is 5.89. The van der Waals surface area contributed by atoms with Crippen LogP contribution in [0.2, 0.25) is 0 Å². The van der Waals surface area contributed by atoms with Gasteiger partial charge in [0.15, 0.2) is 0 Å². The molecule has 2 fully saturated rings. The highest BCUT2D eigenvalue weighted by molar-refractivity contribution is 5.79. The number of nitrogens with zero attached hydrogens (tertiary/aromatic N) is 4. The molecule has 0 aromatic heterocycles. The van der Waals surface area contributed by atoms with Crippen molar-refractivity contribution in [3.05, 3.63) is 24.3 Å². The van der Waals surface area contributed by atoms with E-state index in [1.807, 2.05) is 17.0 Å². The monoisotopic (exact) mass is 433 g/mol. The van der Waals surface area contributed by atoms with E-state index in [9.17, 15) is 9.59 Å². The molecule has 172 valence electrons. The van der Waals surface area contributed by atoms with Crippen LogP contribution >= 0.6 is 0 Å². The molecule has 0 aliphatic carbocycles. The summed E-state index contributed by atoms with van der Waals surface area (Å²) in [7, 11) is 3.29. The average molecular weight is 434 g/mol. The van der Waals surface area contributed by atoms with Gasteiger partial charge < -0.3 is 24.6 Å². The molecule has 2 aliphatic heterocycles. The number of hydrogen-bond acceptors (Lipinski definition) is 7. The van der Waals surface area contributed by atoms with Crippen molar-refractivity contribution in [2.75, 3.05) is 97.7 Å². The van der Waals surface area contributed by atoms with Crippen molar-refractivity contribution in [1.29, 1.82) is 0 Å². The number of methoxy groups -OCH3 is 2. The highest BCUT2D eigenvalue weighted by atomic mass is 16.5. The number of benzene rings is 1. The van der Waals surface area contributed by atoms with Crippen molar-refractivity contribution in [3.8, 4) is 5.75 Å². The van der Waals surface area contributed by atoms with Crippen molar-refractivity contribution in [2.45, 2.75) is 0 Å². The first-order chi connectivity index (χ1) is 15.1. The second-order valence-electron chi connectivity index (χ2n) is 7.96. The van der Waals surface area contributed by atoms with Crippen LogP contribution in [0.15, 0.2) is 24.3 Å². The third kappa shape index (κ3) is 7.09. The van der Waals surface area contributed by atoms with Crippen molar-refractivity contribution < 1.29 is 19.1 Å². The predicted octanol–water partition coefficient (Wildman–Crippen LogP) is -0.276. The number of carbonyl (C=O) groups is 2. The van der Waals surface area contributed by atoms with E-state index in [2.05, 4.69) is 32.1 Å². The zero-order chi connectivity index (χ0) is 22.1. The van der Waals surface area contributed by atoms with Gasteiger partial charge in [0, 0.05) is 71.7 Å². The normalized spacial score (nSPS) is 18.1. The van der Waals surface area contributed by atoms with E-state index in [1.165, 1.54) is 0 Å². The summed E-state index contributed by atoms with van der Waals surface area (Å²) in [5.41, 5.74) is 1.16. The zero-order valence-corrected chi connectivity index (χ0v) is 18.7. The fourth-order valence-electron chi connectivity index (χ4n) is 3.96. The Morgan fingerprint density at radius 2 is 1.48 bits per heavy atom. The van der Waals surface area contributed by atoms with Gasteiger partial charge in [0.05, 0.1) is 26.8 Å². The maximum absolute atomic E-state index is 12.8. The molecule has 2 heterocycles. The van der Waals surface area contributed by atoms with Crippen LogP contribution in [-0.2, 0) is 14.3 Å². The molecular weight excluding hydrogens is 398 g/mol. The second-order valence-corrected chi connectivity index (χ2v) is 7.96. The van der Waals surface area contributed by atoms with Crippen molar-refractivity contribution in [3.63, 3.8) is 0 Å². The molecule has 2 amide bonds. The number of nitrogens with one attached hydrogen (secondary N) is 1. The fourth-order valence-corrected chi connectivity index (χ4v) is 3.96. The first-order valence-corrected chi connectivity index (χ1v) is 11.0. The molecule has 0 spiro atoms.